The SMILES string of the molecule is CN(C)S(=O)(=O)c1cccc(-c2nn(-c3ccccc3)cc2/C=C2\SC(=S)N(Cc3ccco3)C2=O)c1. The number of furan rings is 1. The van der Waals surface area contributed by atoms with Gasteiger partial charge >= 0.3 is 0 Å². The van der Waals surface area contributed by atoms with E-state index >= 15 is 0 Å². The van der Waals surface area contributed by atoms with Crippen molar-refractivity contribution in [2.24, 2.45) is 0 Å². The molecule has 8 nitrogen and oxygen atoms in total. The molecule has 37 heavy (non-hydrogen) atoms. The quantitative estimate of drug-likeness (QED) is 0.242. The maximum absolute atomic E-state index is 13.2. The minimum absolute atomic E-state index is 0.153. The van der Waals surface area contributed by atoms with Crippen molar-refractivity contribution in [2.45, 2.75) is 11.4 Å². The lowest BCUT2D eigenvalue weighted by atomic mass is 10.1. The number of carbonyl (C=O) groups excluding carboxylic acids is 1. The molecule has 188 valence electrons. The second kappa shape index (κ2) is 10.1. The highest BCUT2D eigenvalue weighted by molar-refractivity contribution is 8.26. The zero-order chi connectivity index (χ0) is 26.2. The normalized spacial score (nSPS) is 15.3. The molecule has 1 fully saturated rings. The monoisotopic (exact) mass is 550 g/mol. The van der Waals surface area contributed by atoms with E-state index in [1.54, 1.807) is 53.4 Å². The lowest BCUT2D eigenvalue weighted by molar-refractivity contribution is -0.122. The van der Waals surface area contributed by atoms with E-state index in [0.29, 0.717) is 31.8 Å². The highest BCUT2D eigenvalue weighted by Crippen LogP contribution is 2.36. The maximum atomic E-state index is 13.2. The fourth-order valence-electron chi connectivity index (χ4n) is 3.78. The highest BCUT2D eigenvalue weighted by Gasteiger charge is 2.33. The van der Waals surface area contributed by atoms with Crippen molar-refractivity contribution in [1.29, 1.82) is 0 Å². The smallest absolute Gasteiger partial charge is 0.266 e. The number of amides is 1. The van der Waals surface area contributed by atoms with Crippen molar-refractivity contribution in [1.82, 2.24) is 19.0 Å². The summed E-state index contributed by atoms with van der Waals surface area (Å²) in [5.41, 5.74) is 2.62. The molecular formula is C26H22N4O4S3. The minimum Gasteiger partial charge on any atom is -0.467 e. The molecule has 0 radical (unpaired) electrons. The summed E-state index contributed by atoms with van der Waals surface area (Å²) >= 11 is 6.67. The van der Waals surface area contributed by atoms with Crippen molar-refractivity contribution < 1.29 is 17.6 Å². The number of nitrogens with zero attached hydrogens (tertiary/aromatic N) is 4. The number of thiocarbonyl (C=S) groups is 1. The van der Waals surface area contributed by atoms with Crippen LogP contribution in [0.3, 0.4) is 0 Å². The van der Waals surface area contributed by atoms with E-state index in [1.165, 1.54) is 35.1 Å². The zero-order valence-corrected chi connectivity index (χ0v) is 22.4. The number of thioether (sulfide) groups is 1. The predicted molar refractivity (Wildman–Crippen MR) is 147 cm³/mol. The van der Waals surface area contributed by atoms with E-state index in [0.717, 1.165) is 5.69 Å². The van der Waals surface area contributed by atoms with Gasteiger partial charge in [-0.2, -0.15) is 5.10 Å². The van der Waals surface area contributed by atoms with Gasteiger partial charge in [0.2, 0.25) is 10.0 Å². The molecular weight excluding hydrogens is 529 g/mol. The first kappa shape index (κ1) is 25.2. The summed E-state index contributed by atoms with van der Waals surface area (Å²) in [7, 11) is -0.667. The summed E-state index contributed by atoms with van der Waals surface area (Å²) < 4.78 is 34.2. The molecule has 3 heterocycles. The minimum atomic E-state index is -3.64. The van der Waals surface area contributed by atoms with Gasteiger partial charge in [-0.05, 0) is 42.5 Å². The molecule has 0 N–H and O–H groups in total. The van der Waals surface area contributed by atoms with Gasteiger partial charge in [-0.15, -0.1) is 0 Å². The van der Waals surface area contributed by atoms with E-state index in [4.69, 9.17) is 21.7 Å². The Kier molecular flexibility index (Phi) is 6.86. The highest BCUT2D eigenvalue weighted by atomic mass is 32.2. The van der Waals surface area contributed by atoms with Gasteiger partial charge in [0, 0.05) is 31.4 Å². The Morgan fingerprint density at radius 2 is 1.86 bits per heavy atom. The Bertz CT molecular complexity index is 1610. The van der Waals surface area contributed by atoms with Crippen molar-refractivity contribution in [3.05, 3.63) is 95.4 Å². The van der Waals surface area contributed by atoms with Gasteiger partial charge in [0.1, 0.15) is 15.8 Å². The molecule has 0 unspecified atom stereocenters. The summed E-state index contributed by atoms with van der Waals surface area (Å²) in [4.78, 5) is 15.3. The molecule has 0 spiro atoms. The fourth-order valence-corrected chi connectivity index (χ4v) is 5.97. The second-order valence-corrected chi connectivity index (χ2v) is 12.2. The molecule has 4 aromatic rings. The van der Waals surface area contributed by atoms with Gasteiger partial charge in [0.05, 0.1) is 28.3 Å². The van der Waals surface area contributed by atoms with Gasteiger partial charge in [-0.3, -0.25) is 9.69 Å². The number of para-hydroxylation sites is 1. The molecule has 2 aromatic heterocycles. The summed E-state index contributed by atoms with van der Waals surface area (Å²) in [5.74, 6) is 0.405. The van der Waals surface area contributed by atoms with Crippen LogP contribution >= 0.6 is 24.0 Å². The molecule has 0 aliphatic carbocycles. The number of hydrogen-bond donors (Lipinski definition) is 0. The van der Waals surface area contributed by atoms with Crippen molar-refractivity contribution in [3.63, 3.8) is 0 Å². The van der Waals surface area contributed by atoms with Crippen LogP contribution < -0.4 is 0 Å². The topological polar surface area (TPSA) is 88.7 Å². The Balaban J connectivity index is 1.58. The van der Waals surface area contributed by atoms with E-state index in [2.05, 4.69) is 0 Å². The van der Waals surface area contributed by atoms with Gasteiger partial charge in [-0.25, -0.2) is 17.4 Å². The fraction of sp³-hybridized carbons (Fsp3) is 0.115. The number of hydrogen-bond acceptors (Lipinski definition) is 7. The van der Waals surface area contributed by atoms with Crippen LogP contribution in [-0.2, 0) is 21.4 Å². The third-order valence-electron chi connectivity index (χ3n) is 5.70. The molecule has 1 amide bonds. The lowest BCUT2D eigenvalue weighted by Gasteiger charge is -2.12. The predicted octanol–water partition coefficient (Wildman–Crippen LogP) is 4.78. The van der Waals surface area contributed by atoms with Crippen molar-refractivity contribution in [2.75, 3.05) is 14.1 Å². The van der Waals surface area contributed by atoms with Gasteiger partial charge in [-0.1, -0.05) is 54.3 Å². The standard InChI is InChI=1S/C26H22N4O4S3/c1-28(2)37(32,33)22-12-6-8-18(14-22)24-19(16-30(27-24)20-9-4-3-5-10-20)15-23-25(31)29(26(35)36-23)17-21-11-7-13-34-21/h3-16H,17H2,1-2H3/b23-15-. The molecule has 0 bridgehead atoms. The average Bonchev–Trinajstić information content (AvgIpc) is 3.62. The van der Waals surface area contributed by atoms with Crippen LogP contribution in [0.5, 0.6) is 0 Å². The number of sulfonamides is 1. The van der Waals surface area contributed by atoms with Crippen LogP contribution in [0, 0.1) is 0 Å². The summed E-state index contributed by atoms with van der Waals surface area (Å²) in [6.07, 6.45) is 5.12. The van der Waals surface area contributed by atoms with E-state index < -0.39 is 10.0 Å². The third kappa shape index (κ3) is 5.03. The second-order valence-electron chi connectivity index (χ2n) is 8.38. The largest absolute Gasteiger partial charge is 0.467 e. The van der Waals surface area contributed by atoms with Crippen molar-refractivity contribution in [3.8, 4) is 16.9 Å². The first-order chi connectivity index (χ1) is 17.7. The van der Waals surface area contributed by atoms with Crippen LogP contribution in [0.4, 0.5) is 0 Å². The van der Waals surface area contributed by atoms with Gasteiger partial charge < -0.3 is 4.42 Å². The number of benzene rings is 2. The van der Waals surface area contributed by atoms with Gasteiger partial charge in [0.25, 0.3) is 5.91 Å². The molecule has 11 heteroatoms. The Morgan fingerprint density at radius 1 is 1.08 bits per heavy atom. The summed E-state index contributed by atoms with van der Waals surface area (Å²) in [6, 6.07) is 19.7. The van der Waals surface area contributed by atoms with Crippen LogP contribution in [0.25, 0.3) is 23.0 Å². The molecule has 0 atom stereocenters. The molecule has 5 rings (SSSR count). The first-order valence-corrected chi connectivity index (χ1v) is 13.9. The Hall–Kier alpha value is -3.51. The molecule has 1 aliphatic rings. The van der Waals surface area contributed by atoms with Crippen LogP contribution in [0.2, 0.25) is 0 Å². The molecule has 2 aromatic carbocycles. The number of carbonyl (C=O) groups is 1. The van der Waals surface area contributed by atoms with E-state index in [-0.39, 0.29) is 17.3 Å². The molecule has 1 saturated heterocycles. The average molecular weight is 551 g/mol. The third-order valence-corrected chi connectivity index (χ3v) is 8.89. The van der Waals surface area contributed by atoms with E-state index in [1.807, 2.05) is 36.5 Å². The zero-order valence-electron chi connectivity index (χ0n) is 19.9. The number of aromatic nitrogens is 2. The Morgan fingerprint density at radius 3 is 2.57 bits per heavy atom. The lowest BCUT2D eigenvalue weighted by Crippen LogP contribution is -2.27. The Labute approximate surface area is 224 Å². The van der Waals surface area contributed by atoms with Crippen molar-refractivity contribution >= 4 is 50.3 Å². The molecule has 0 saturated carbocycles. The van der Waals surface area contributed by atoms with Crippen LogP contribution in [0.1, 0.15) is 11.3 Å². The summed E-state index contributed by atoms with van der Waals surface area (Å²) in [6.45, 7) is 0.246. The van der Waals surface area contributed by atoms with Crippen LogP contribution in [0.15, 0.2) is 93.4 Å². The molecule has 1 aliphatic heterocycles. The summed E-state index contributed by atoms with van der Waals surface area (Å²) in [5, 5.41) is 4.77. The number of rotatable bonds is 7. The van der Waals surface area contributed by atoms with Gasteiger partial charge in [0.15, 0.2) is 0 Å². The van der Waals surface area contributed by atoms with E-state index in [9.17, 15) is 13.2 Å². The van der Waals surface area contributed by atoms with Crippen LogP contribution in [-0.4, -0.2) is 51.7 Å². The first-order valence-electron chi connectivity index (χ1n) is 11.2. The maximum Gasteiger partial charge on any atom is 0.266 e.